The minimum absolute atomic E-state index is 0.126. The van der Waals surface area contributed by atoms with Crippen LogP contribution in [0.1, 0.15) is 5.56 Å². The Morgan fingerprint density at radius 3 is 2.69 bits per heavy atom. The summed E-state index contributed by atoms with van der Waals surface area (Å²) in [6.45, 7) is 1.82. The Hall–Kier alpha value is -1.61. The molecular formula is C12H10ClFN2. The zero-order chi connectivity index (χ0) is 11.7. The van der Waals surface area contributed by atoms with Gasteiger partial charge in [-0.1, -0.05) is 11.6 Å². The van der Waals surface area contributed by atoms with Gasteiger partial charge >= 0.3 is 0 Å². The van der Waals surface area contributed by atoms with Crippen LogP contribution >= 0.6 is 11.6 Å². The van der Waals surface area contributed by atoms with E-state index in [9.17, 15) is 4.39 Å². The monoisotopic (exact) mass is 236 g/mol. The van der Waals surface area contributed by atoms with Gasteiger partial charge < -0.3 is 5.73 Å². The van der Waals surface area contributed by atoms with Crippen LogP contribution in [0, 0.1) is 12.7 Å². The summed E-state index contributed by atoms with van der Waals surface area (Å²) in [6, 6.07) is 4.78. The van der Waals surface area contributed by atoms with Crippen LogP contribution in [0.2, 0.25) is 5.02 Å². The van der Waals surface area contributed by atoms with Crippen LogP contribution in [-0.2, 0) is 0 Å². The smallest absolute Gasteiger partial charge is 0.146 e. The van der Waals surface area contributed by atoms with Gasteiger partial charge in [-0.2, -0.15) is 0 Å². The van der Waals surface area contributed by atoms with Gasteiger partial charge in [-0.25, -0.2) is 4.39 Å². The van der Waals surface area contributed by atoms with Crippen molar-refractivity contribution in [2.24, 2.45) is 0 Å². The van der Waals surface area contributed by atoms with E-state index in [0.29, 0.717) is 5.02 Å². The molecule has 0 unspecified atom stereocenters. The quantitative estimate of drug-likeness (QED) is 0.771. The number of hydrogen-bond acceptors (Lipinski definition) is 2. The van der Waals surface area contributed by atoms with E-state index >= 15 is 0 Å². The Morgan fingerprint density at radius 2 is 2.00 bits per heavy atom. The zero-order valence-corrected chi connectivity index (χ0v) is 9.42. The molecule has 1 aromatic carbocycles. The third-order valence-corrected chi connectivity index (χ3v) is 2.57. The minimum atomic E-state index is -0.406. The summed E-state index contributed by atoms with van der Waals surface area (Å²) in [5.41, 5.74) is 8.14. The Bertz CT molecular complexity index is 541. The molecule has 0 bridgehead atoms. The number of aryl methyl sites for hydroxylation is 1. The molecule has 0 saturated carbocycles. The molecule has 2 nitrogen and oxygen atoms in total. The van der Waals surface area contributed by atoms with Gasteiger partial charge in [-0.05, 0) is 36.2 Å². The molecule has 0 spiro atoms. The van der Waals surface area contributed by atoms with Gasteiger partial charge in [0.15, 0.2) is 0 Å². The van der Waals surface area contributed by atoms with Crippen LogP contribution in [0.3, 0.4) is 0 Å². The number of nitrogen functional groups attached to an aromatic ring is 1. The van der Waals surface area contributed by atoms with E-state index in [1.54, 1.807) is 24.5 Å². The van der Waals surface area contributed by atoms with Gasteiger partial charge in [0.1, 0.15) is 5.82 Å². The maximum absolute atomic E-state index is 13.2. The van der Waals surface area contributed by atoms with Crippen molar-refractivity contribution in [2.45, 2.75) is 6.92 Å². The number of rotatable bonds is 1. The maximum Gasteiger partial charge on any atom is 0.146 e. The number of benzene rings is 1. The second-order valence-electron chi connectivity index (χ2n) is 3.58. The highest BCUT2D eigenvalue weighted by atomic mass is 35.5. The molecular weight excluding hydrogens is 227 g/mol. The van der Waals surface area contributed by atoms with E-state index in [2.05, 4.69) is 4.98 Å². The predicted octanol–water partition coefficient (Wildman–Crippen LogP) is 3.43. The second-order valence-corrected chi connectivity index (χ2v) is 4.02. The van der Waals surface area contributed by atoms with E-state index in [1.165, 1.54) is 6.07 Å². The van der Waals surface area contributed by atoms with Crippen molar-refractivity contribution in [3.8, 4) is 11.1 Å². The van der Waals surface area contributed by atoms with Crippen molar-refractivity contribution in [1.82, 2.24) is 4.98 Å². The normalized spacial score (nSPS) is 10.4. The summed E-state index contributed by atoms with van der Waals surface area (Å²) in [4.78, 5) is 3.99. The molecule has 2 rings (SSSR count). The summed E-state index contributed by atoms with van der Waals surface area (Å²) >= 11 is 5.85. The third kappa shape index (κ3) is 1.99. The number of nitrogens with zero attached hydrogens (tertiary/aromatic N) is 1. The summed E-state index contributed by atoms with van der Waals surface area (Å²) in [5.74, 6) is -0.406. The predicted molar refractivity (Wildman–Crippen MR) is 63.8 cm³/mol. The van der Waals surface area contributed by atoms with Gasteiger partial charge in [0.2, 0.25) is 0 Å². The molecule has 0 radical (unpaired) electrons. The topological polar surface area (TPSA) is 38.9 Å². The van der Waals surface area contributed by atoms with Gasteiger partial charge in [0.25, 0.3) is 0 Å². The SMILES string of the molecule is Cc1cc(F)c(N)cc1-c1cncc(Cl)c1. The molecule has 0 aliphatic heterocycles. The lowest BCUT2D eigenvalue weighted by Gasteiger charge is -2.08. The lowest BCUT2D eigenvalue weighted by Crippen LogP contribution is -1.94. The Labute approximate surface area is 97.9 Å². The van der Waals surface area contributed by atoms with Gasteiger partial charge in [-0.15, -0.1) is 0 Å². The molecule has 1 heterocycles. The molecule has 2 aromatic rings. The molecule has 0 atom stereocenters. The van der Waals surface area contributed by atoms with Crippen LogP contribution in [0.4, 0.5) is 10.1 Å². The van der Waals surface area contributed by atoms with Gasteiger partial charge in [0.05, 0.1) is 10.7 Å². The molecule has 0 fully saturated rings. The lowest BCUT2D eigenvalue weighted by atomic mass is 10.0. The molecule has 0 amide bonds. The Morgan fingerprint density at radius 1 is 1.25 bits per heavy atom. The van der Waals surface area contributed by atoms with E-state index in [-0.39, 0.29) is 5.69 Å². The van der Waals surface area contributed by atoms with E-state index < -0.39 is 5.82 Å². The average molecular weight is 237 g/mol. The first-order valence-electron chi connectivity index (χ1n) is 4.74. The Balaban J connectivity index is 2.60. The molecule has 1 aromatic heterocycles. The van der Waals surface area contributed by atoms with Crippen molar-refractivity contribution in [1.29, 1.82) is 0 Å². The fraction of sp³-hybridized carbons (Fsp3) is 0.0833. The summed E-state index contributed by atoms with van der Waals surface area (Å²) in [5, 5.41) is 0.541. The minimum Gasteiger partial charge on any atom is -0.396 e. The second kappa shape index (κ2) is 4.10. The zero-order valence-electron chi connectivity index (χ0n) is 8.67. The number of halogens is 2. The van der Waals surface area contributed by atoms with Crippen molar-refractivity contribution >= 4 is 17.3 Å². The maximum atomic E-state index is 13.2. The van der Waals surface area contributed by atoms with E-state index in [1.807, 2.05) is 6.92 Å². The first-order chi connectivity index (χ1) is 7.58. The van der Waals surface area contributed by atoms with Crippen LogP contribution in [0.25, 0.3) is 11.1 Å². The molecule has 4 heteroatoms. The van der Waals surface area contributed by atoms with Crippen molar-refractivity contribution in [2.75, 3.05) is 5.73 Å². The van der Waals surface area contributed by atoms with E-state index in [0.717, 1.165) is 16.7 Å². The number of aromatic nitrogens is 1. The van der Waals surface area contributed by atoms with Crippen LogP contribution < -0.4 is 5.73 Å². The molecule has 2 N–H and O–H groups in total. The molecule has 0 saturated heterocycles. The summed E-state index contributed by atoms with van der Waals surface area (Å²) in [7, 11) is 0. The van der Waals surface area contributed by atoms with E-state index in [4.69, 9.17) is 17.3 Å². The summed E-state index contributed by atoms with van der Waals surface area (Å²) in [6.07, 6.45) is 3.22. The average Bonchev–Trinajstić information content (AvgIpc) is 2.23. The fourth-order valence-electron chi connectivity index (χ4n) is 1.56. The first-order valence-corrected chi connectivity index (χ1v) is 5.12. The standard InChI is InChI=1S/C12H10ClFN2/c1-7-2-11(14)12(15)4-10(7)8-3-9(13)6-16-5-8/h2-6H,15H2,1H3. The Kier molecular flexibility index (Phi) is 2.79. The number of pyridine rings is 1. The van der Waals surface area contributed by atoms with Crippen LogP contribution in [0.15, 0.2) is 30.6 Å². The van der Waals surface area contributed by atoms with Crippen LogP contribution in [0.5, 0.6) is 0 Å². The lowest BCUT2D eigenvalue weighted by molar-refractivity contribution is 0.631. The number of hydrogen-bond donors (Lipinski definition) is 1. The van der Waals surface area contributed by atoms with Crippen molar-refractivity contribution in [3.63, 3.8) is 0 Å². The molecule has 82 valence electrons. The molecule has 0 aliphatic rings. The van der Waals surface area contributed by atoms with Crippen molar-refractivity contribution in [3.05, 3.63) is 47.0 Å². The van der Waals surface area contributed by atoms with Gasteiger partial charge in [-0.3, -0.25) is 4.98 Å². The van der Waals surface area contributed by atoms with Crippen molar-refractivity contribution < 1.29 is 4.39 Å². The first kappa shape index (κ1) is 10.9. The highest BCUT2D eigenvalue weighted by Gasteiger charge is 2.07. The van der Waals surface area contributed by atoms with Crippen LogP contribution in [-0.4, -0.2) is 4.98 Å². The number of anilines is 1. The number of nitrogens with two attached hydrogens (primary N) is 1. The largest absolute Gasteiger partial charge is 0.396 e. The fourth-order valence-corrected chi connectivity index (χ4v) is 1.73. The van der Waals surface area contributed by atoms with Gasteiger partial charge in [0, 0.05) is 18.0 Å². The molecule has 0 aliphatic carbocycles. The third-order valence-electron chi connectivity index (χ3n) is 2.36. The highest BCUT2D eigenvalue weighted by molar-refractivity contribution is 6.30. The summed E-state index contributed by atoms with van der Waals surface area (Å²) < 4.78 is 13.2. The molecule has 16 heavy (non-hydrogen) atoms. The highest BCUT2D eigenvalue weighted by Crippen LogP contribution is 2.28.